The van der Waals surface area contributed by atoms with Crippen LogP contribution in [0.3, 0.4) is 0 Å². The summed E-state index contributed by atoms with van der Waals surface area (Å²) in [4.78, 5) is 6.93. The molecule has 22 heavy (non-hydrogen) atoms. The van der Waals surface area contributed by atoms with Crippen molar-refractivity contribution >= 4 is 0 Å². The maximum Gasteiger partial charge on any atom is 0.137 e. The molecule has 1 saturated carbocycles. The Morgan fingerprint density at radius 3 is 2.73 bits per heavy atom. The maximum absolute atomic E-state index is 10.7. The number of likely N-dealkylation sites (tertiary alicyclic amines) is 1. The molecule has 1 aliphatic heterocycles. The summed E-state index contributed by atoms with van der Waals surface area (Å²) in [5.41, 5.74) is 0. The molecule has 124 valence electrons. The zero-order valence-corrected chi connectivity index (χ0v) is 14.1. The quantitative estimate of drug-likeness (QED) is 0.930. The normalized spacial score (nSPS) is 32.0. The lowest BCUT2D eigenvalue weighted by Gasteiger charge is -2.38. The van der Waals surface area contributed by atoms with Crippen molar-refractivity contribution in [2.75, 3.05) is 19.6 Å². The predicted octanol–water partition coefficient (Wildman–Crippen LogP) is 2.99. The molecule has 4 heteroatoms. The Morgan fingerprint density at radius 2 is 2.05 bits per heavy atom. The van der Waals surface area contributed by atoms with Crippen LogP contribution in [0.25, 0.3) is 0 Å². The van der Waals surface area contributed by atoms with Crippen LogP contribution in [0.2, 0.25) is 0 Å². The Balaban J connectivity index is 1.54. The van der Waals surface area contributed by atoms with E-state index in [1.54, 1.807) is 6.20 Å². The number of rotatable bonds is 4. The molecule has 1 N–H and O–H groups in total. The minimum atomic E-state index is -0.422. The molecule has 2 fully saturated rings. The van der Waals surface area contributed by atoms with E-state index in [2.05, 4.69) is 16.8 Å². The summed E-state index contributed by atoms with van der Waals surface area (Å²) in [5.74, 6) is 2.95. The van der Waals surface area contributed by atoms with E-state index < -0.39 is 6.10 Å². The van der Waals surface area contributed by atoms with E-state index in [9.17, 15) is 5.11 Å². The number of hydrogen-bond donors (Lipinski definition) is 1. The van der Waals surface area contributed by atoms with Gasteiger partial charge in [0.15, 0.2) is 0 Å². The summed E-state index contributed by atoms with van der Waals surface area (Å²) in [6.07, 6.45) is 11.2. The van der Waals surface area contributed by atoms with Gasteiger partial charge in [0.05, 0.1) is 0 Å². The Hall–Kier alpha value is -0.870. The lowest BCUT2D eigenvalue weighted by molar-refractivity contribution is 0.0347. The van der Waals surface area contributed by atoms with Gasteiger partial charge in [-0.1, -0.05) is 19.8 Å². The Kier molecular flexibility index (Phi) is 5.19. The molecule has 3 rings (SSSR count). The minimum absolute atomic E-state index is 0.331. The average Bonchev–Trinajstić information content (AvgIpc) is 2.95. The van der Waals surface area contributed by atoms with E-state index in [1.165, 1.54) is 45.2 Å². The molecule has 2 aliphatic rings. The molecule has 1 saturated heterocycles. The van der Waals surface area contributed by atoms with Crippen molar-refractivity contribution in [3.05, 3.63) is 18.2 Å². The number of aromatic nitrogens is 2. The first-order valence-corrected chi connectivity index (χ1v) is 9.01. The number of nitrogens with zero attached hydrogens (tertiary/aromatic N) is 3. The smallest absolute Gasteiger partial charge is 0.137 e. The summed E-state index contributed by atoms with van der Waals surface area (Å²) >= 11 is 0. The number of imidazole rings is 1. The topological polar surface area (TPSA) is 41.3 Å². The largest absolute Gasteiger partial charge is 0.385 e. The van der Waals surface area contributed by atoms with Crippen LogP contribution in [0, 0.1) is 17.8 Å². The average molecular weight is 305 g/mol. The van der Waals surface area contributed by atoms with E-state index in [0.29, 0.717) is 5.92 Å². The van der Waals surface area contributed by atoms with Crippen molar-refractivity contribution in [2.24, 2.45) is 24.8 Å². The first-order chi connectivity index (χ1) is 10.6. The van der Waals surface area contributed by atoms with Gasteiger partial charge in [-0.05, 0) is 44.1 Å². The Morgan fingerprint density at radius 1 is 1.27 bits per heavy atom. The van der Waals surface area contributed by atoms with Gasteiger partial charge >= 0.3 is 0 Å². The van der Waals surface area contributed by atoms with Gasteiger partial charge in [0.1, 0.15) is 11.9 Å². The maximum atomic E-state index is 10.7. The summed E-state index contributed by atoms with van der Waals surface area (Å²) < 4.78 is 1.95. The van der Waals surface area contributed by atoms with Crippen LogP contribution in [0.4, 0.5) is 0 Å². The fraction of sp³-hybridized carbons (Fsp3) is 0.833. The van der Waals surface area contributed by atoms with Gasteiger partial charge in [0, 0.05) is 38.4 Å². The van der Waals surface area contributed by atoms with Crippen molar-refractivity contribution in [1.82, 2.24) is 14.5 Å². The van der Waals surface area contributed by atoms with Crippen LogP contribution in [0.5, 0.6) is 0 Å². The Bertz CT molecular complexity index is 465. The highest BCUT2D eigenvalue weighted by Gasteiger charge is 2.30. The standard InChI is InChI=1S/C18H31N3O/c1-14-5-7-15(8-6-14)12-21-10-3-4-16(13-21)17(22)18-19-9-11-20(18)2/h9,11,14-17,22H,3-8,10,12-13H2,1-2H3. The van der Waals surface area contributed by atoms with Crippen LogP contribution in [0.1, 0.15) is 57.4 Å². The highest BCUT2D eigenvalue weighted by Crippen LogP contribution is 2.32. The molecule has 0 spiro atoms. The summed E-state index contributed by atoms with van der Waals surface area (Å²) in [6, 6.07) is 0. The number of aliphatic hydroxyl groups is 1. The lowest BCUT2D eigenvalue weighted by atomic mass is 9.82. The second-order valence-electron chi connectivity index (χ2n) is 7.63. The van der Waals surface area contributed by atoms with Crippen LogP contribution in [-0.2, 0) is 7.05 Å². The third-order valence-corrected chi connectivity index (χ3v) is 5.76. The van der Waals surface area contributed by atoms with Crippen LogP contribution < -0.4 is 0 Å². The van der Waals surface area contributed by atoms with E-state index in [0.717, 1.165) is 30.6 Å². The third-order valence-electron chi connectivity index (χ3n) is 5.76. The van der Waals surface area contributed by atoms with Crippen molar-refractivity contribution < 1.29 is 5.11 Å². The van der Waals surface area contributed by atoms with Gasteiger partial charge in [-0.25, -0.2) is 4.98 Å². The van der Waals surface area contributed by atoms with E-state index >= 15 is 0 Å². The molecule has 1 aromatic rings. The van der Waals surface area contributed by atoms with Gasteiger partial charge < -0.3 is 14.6 Å². The fourth-order valence-electron chi connectivity index (χ4n) is 4.26. The molecule has 2 heterocycles. The summed E-state index contributed by atoms with van der Waals surface area (Å²) in [5, 5.41) is 10.7. The van der Waals surface area contributed by atoms with Crippen molar-refractivity contribution in [3.8, 4) is 0 Å². The number of aryl methyl sites for hydroxylation is 1. The molecular formula is C18H31N3O. The molecule has 0 aromatic carbocycles. The van der Waals surface area contributed by atoms with Gasteiger partial charge in [0.25, 0.3) is 0 Å². The molecule has 2 unspecified atom stereocenters. The molecule has 4 nitrogen and oxygen atoms in total. The first-order valence-electron chi connectivity index (χ1n) is 9.01. The van der Waals surface area contributed by atoms with Crippen LogP contribution in [-0.4, -0.2) is 39.2 Å². The minimum Gasteiger partial charge on any atom is -0.385 e. The molecule has 1 aromatic heterocycles. The van der Waals surface area contributed by atoms with E-state index in [-0.39, 0.29) is 0 Å². The zero-order valence-electron chi connectivity index (χ0n) is 14.1. The number of piperidine rings is 1. The van der Waals surface area contributed by atoms with Crippen molar-refractivity contribution in [1.29, 1.82) is 0 Å². The second-order valence-corrected chi connectivity index (χ2v) is 7.63. The highest BCUT2D eigenvalue weighted by molar-refractivity contribution is 4.99. The molecule has 0 bridgehead atoms. The van der Waals surface area contributed by atoms with E-state index in [1.807, 2.05) is 17.8 Å². The summed E-state index contributed by atoms with van der Waals surface area (Å²) in [6.45, 7) is 5.85. The SMILES string of the molecule is CC1CCC(CN2CCCC(C(O)c3nccn3C)C2)CC1. The molecule has 0 radical (unpaired) electrons. The lowest BCUT2D eigenvalue weighted by Crippen LogP contribution is -2.41. The van der Waals surface area contributed by atoms with Gasteiger partial charge in [-0.15, -0.1) is 0 Å². The highest BCUT2D eigenvalue weighted by atomic mass is 16.3. The fourth-order valence-corrected chi connectivity index (χ4v) is 4.26. The summed E-state index contributed by atoms with van der Waals surface area (Å²) in [7, 11) is 1.97. The second kappa shape index (κ2) is 7.14. The molecule has 0 amide bonds. The van der Waals surface area contributed by atoms with Gasteiger partial charge in [-0.3, -0.25) is 0 Å². The third kappa shape index (κ3) is 3.72. The van der Waals surface area contributed by atoms with Gasteiger partial charge in [0.2, 0.25) is 0 Å². The number of hydrogen-bond acceptors (Lipinski definition) is 3. The predicted molar refractivity (Wildman–Crippen MR) is 88.5 cm³/mol. The Labute approximate surface area is 134 Å². The van der Waals surface area contributed by atoms with Crippen LogP contribution in [0.15, 0.2) is 12.4 Å². The molecule has 1 aliphatic carbocycles. The zero-order chi connectivity index (χ0) is 15.5. The first kappa shape index (κ1) is 16.0. The van der Waals surface area contributed by atoms with Crippen LogP contribution >= 0.6 is 0 Å². The van der Waals surface area contributed by atoms with Gasteiger partial charge in [-0.2, -0.15) is 0 Å². The molecule has 2 atom stereocenters. The monoisotopic (exact) mass is 305 g/mol. The van der Waals surface area contributed by atoms with Crippen molar-refractivity contribution in [2.45, 2.75) is 51.6 Å². The van der Waals surface area contributed by atoms with Crippen molar-refractivity contribution in [3.63, 3.8) is 0 Å². The van der Waals surface area contributed by atoms with E-state index in [4.69, 9.17) is 0 Å². The number of aliphatic hydroxyl groups excluding tert-OH is 1. The molecular weight excluding hydrogens is 274 g/mol.